The standard InChI is InChI=1S/C15H9NOS/c16-8-10-5-12-7-13(17)1-2-14(12)15(6-10)11-3-4-18-9-11/h1-7,9,17H. The molecule has 0 aliphatic rings. The zero-order valence-electron chi connectivity index (χ0n) is 9.42. The summed E-state index contributed by atoms with van der Waals surface area (Å²) >= 11 is 1.63. The summed E-state index contributed by atoms with van der Waals surface area (Å²) in [6, 6.07) is 13.1. The van der Waals surface area contributed by atoms with Crippen LogP contribution >= 0.6 is 11.3 Å². The predicted molar refractivity (Wildman–Crippen MR) is 73.6 cm³/mol. The second kappa shape index (κ2) is 4.17. The Hall–Kier alpha value is -2.31. The molecule has 2 aromatic carbocycles. The number of nitriles is 1. The second-order valence-corrected chi connectivity index (χ2v) is 4.83. The number of nitrogens with zero attached hydrogens (tertiary/aromatic N) is 1. The molecule has 0 atom stereocenters. The van der Waals surface area contributed by atoms with Crippen molar-refractivity contribution in [3.8, 4) is 22.9 Å². The number of thiophene rings is 1. The third-order valence-electron chi connectivity index (χ3n) is 2.90. The van der Waals surface area contributed by atoms with Crippen LogP contribution in [0.15, 0.2) is 47.2 Å². The van der Waals surface area contributed by atoms with E-state index in [2.05, 4.69) is 11.4 Å². The van der Waals surface area contributed by atoms with E-state index < -0.39 is 0 Å². The molecule has 1 heterocycles. The highest BCUT2D eigenvalue weighted by Crippen LogP contribution is 2.33. The highest BCUT2D eigenvalue weighted by atomic mass is 32.1. The molecule has 0 unspecified atom stereocenters. The van der Waals surface area contributed by atoms with Gasteiger partial charge >= 0.3 is 0 Å². The Bertz CT molecular complexity index is 754. The summed E-state index contributed by atoms with van der Waals surface area (Å²) in [6.07, 6.45) is 0. The van der Waals surface area contributed by atoms with E-state index in [0.29, 0.717) is 5.56 Å². The van der Waals surface area contributed by atoms with Crippen molar-refractivity contribution in [2.75, 3.05) is 0 Å². The fourth-order valence-corrected chi connectivity index (χ4v) is 2.73. The summed E-state index contributed by atoms with van der Waals surface area (Å²) in [4.78, 5) is 0. The van der Waals surface area contributed by atoms with Crippen LogP contribution in [0.3, 0.4) is 0 Å². The minimum atomic E-state index is 0.217. The van der Waals surface area contributed by atoms with Gasteiger partial charge in [0.05, 0.1) is 11.6 Å². The Labute approximate surface area is 108 Å². The predicted octanol–water partition coefficient (Wildman–Crippen LogP) is 4.15. The molecule has 2 nitrogen and oxygen atoms in total. The molecule has 3 aromatic rings. The van der Waals surface area contributed by atoms with E-state index in [1.165, 1.54) is 0 Å². The third-order valence-corrected chi connectivity index (χ3v) is 3.58. The van der Waals surface area contributed by atoms with Crippen LogP contribution in [-0.2, 0) is 0 Å². The van der Waals surface area contributed by atoms with Crippen LogP contribution in [0.2, 0.25) is 0 Å². The van der Waals surface area contributed by atoms with E-state index in [1.807, 2.05) is 23.6 Å². The lowest BCUT2D eigenvalue weighted by molar-refractivity contribution is 0.476. The third kappa shape index (κ3) is 1.73. The van der Waals surface area contributed by atoms with E-state index in [1.54, 1.807) is 29.5 Å². The number of phenols is 1. The Kier molecular flexibility index (Phi) is 2.51. The van der Waals surface area contributed by atoms with Gasteiger partial charge < -0.3 is 5.11 Å². The molecule has 0 radical (unpaired) electrons. The second-order valence-electron chi connectivity index (χ2n) is 4.05. The molecule has 0 amide bonds. The Balaban J connectivity index is 2.39. The van der Waals surface area contributed by atoms with Gasteiger partial charge in [0.2, 0.25) is 0 Å². The van der Waals surface area contributed by atoms with Crippen molar-refractivity contribution in [2.24, 2.45) is 0 Å². The first-order valence-corrected chi connectivity index (χ1v) is 6.41. The Morgan fingerprint density at radius 3 is 2.72 bits per heavy atom. The van der Waals surface area contributed by atoms with Crippen molar-refractivity contribution in [2.45, 2.75) is 0 Å². The van der Waals surface area contributed by atoms with E-state index >= 15 is 0 Å². The molecule has 0 aliphatic carbocycles. The quantitative estimate of drug-likeness (QED) is 0.706. The van der Waals surface area contributed by atoms with Crippen molar-refractivity contribution < 1.29 is 5.11 Å². The highest BCUT2D eigenvalue weighted by molar-refractivity contribution is 7.08. The first-order chi connectivity index (χ1) is 8.78. The summed E-state index contributed by atoms with van der Waals surface area (Å²) < 4.78 is 0. The van der Waals surface area contributed by atoms with Crippen LogP contribution in [0, 0.1) is 11.3 Å². The van der Waals surface area contributed by atoms with Gasteiger partial charge in [-0.2, -0.15) is 16.6 Å². The Morgan fingerprint density at radius 2 is 2.00 bits per heavy atom. The lowest BCUT2D eigenvalue weighted by Gasteiger charge is -2.06. The van der Waals surface area contributed by atoms with Crippen LogP contribution in [0.5, 0.6) is 5.75 Å². The fraction of sp³-hybridized carbons (Fsp3) is 0. The van der Waals surface area contributed by atoms with E-state index in [-0.39, 0.29) is 5.75 Å². The van der Waals surface area contributed by atoms with Gasteiger partial charge in [0.25, 0.3) is 0 Å². The summed E-state index contributed by atoms with van der Waals surface area (Å²) in [7, 11) is 0. The van der Waals surface area contributed by atoms with Gasteiger partial charge in [-0.15, -0.1) is 0 Å². The normalized spacial score (nSPS) is 10.4. The van der Waals surface area contributed by atoms with Crippen molar-refractivity contribution in [3.05, 3.63) is 52.7 Å². The molecule has 0 aliphatic heterocycles. The number of fused-ring (bicyclic) bond motifs is 1. The fourth-order valence-electron chi connectivity index (χ4n) is 2.08. The molecular formula is C15H9NOS. The minimum absolute atomic E-state index is 0.217. The maximum Gasteiger partial charge on any atom is 0.116 e. The van der Waals surface area contributed by atoms with Gasteiger partial charge in [-0.25, -0.2) is 0 Å². The summed E-state index contributed by atoms with van der Waals surface area (Å²) in [5.74, 6) is 0.217. The first-order valence-electron chi connectivity index (χ1n) is 5.47. The average Bonchev–Trinajstić information content (AvgIpc) is 2.90. The first kappa shape index (κ1) is 10.8. The number of benzene rings is 2. The molecule has 1 aromatic heterocycles. The molecule has 0 spiro atoms. The minimum Gasteiger partial charge on any atom is -0.508 e. The molecule has 86 valence electrons. The monoisotopic (exact) mass is 251 g/mol. The molecule has 1 N–H and O–H groups in total. The number of aromatic hydroxyl groups is 1. The van der Waals surface area contributed by atoms with E-state index in [0.717, 1.165) is 21.9 Å². The molecule has 18 heavy (non-hydrogen) atoms. The summed E-state index contributed by atoms with van der Waals surface area (Å²) in [6.45, 7) is 0. The van der Waals surface area contributed by atoms with E-state index in [4.69, 9.17) is 5.26 Å². The van der Waals surface area contributed by atoms with Crippen LogP contribution in [-0.4, -0.2) is 5.11 Å². The number of hydrogen-bond acceptors (Lipinski definition) is 3. The zero-order valence-corrected chi connectivity index (χ0v) is 10.2. The lowest BCUT2D eigenvalue weighted by atomic mass is 9.97. The summed E-state index contributed by atoms with van der Waals surface area (Å²) in [5.41, 5.74) is 2.74. The molecule has 3 heteroatoms. The van der Waals surface area contributed by atoms with Gasteiger partial charge in [-0.05, 0) is 63.0 Å². The van der Waals surface area contributed by atoms with Crippen molar-refractivity contribution in [1.29, 1.82) is 5.26 Å². The van der Waals surface area contributed by atoms with Gasteiger partial charge in [0.15, 0.2) is 0 Å². The van der Waals surface area contributed by atoms with Gasteiger partial charge in [0.1, 0.15) is 5.75 Å². The van der Waals surface area contributed by atoms with Crippen molar-refractivity contribution in [3.63, 3.8) is 0 Å². The Morgan fingerprint density at radius 1 is 1.11 bits per heavy atom. The van der Waals surface area contributed by atoms with E-state index in [9.17, 15) is 5.11 Å². The number of rotatable bonds is 1. The molecule has 3 rings (SSSR count). The van der Waals surface area contributed by atoms with Crippen LogP contribution in [0.25, 0.3) is 21.9 Å². The smallest absolute Gasteiger partial charge is 0.116 e. The molecule has 0 bridgehead atoms. The SMILES string of the molecule is N#Cc1cc(-c2ccsc2)c2ccc(O)cc2c1. The average molecular weight is 251 g/mol. The van der Waals surface area contributed by atoms with Gasteiger partial charge in [-0.3, -0.25) is 0 Å². The van der Waals surface area contributed by atoms with Crippen LogP contribution in [0.1, 0.15) is 5.56 Å². The van der Waals surface area contributed by atoms with Crippen molar-refractivity contribution in [1.82, 2.24) is 0 Å². The molecule has 0 fully saturated rings. The summed E-state index contributed by atoms with van der Waals surface area (Å²) in [5, 5.41) is 24.6. The molecular weight excluding hydrogens is 242 g/mol. The molecule has 0 saturated heterocycles. The largest absolute Gasteiger partial charge is 0.508 e. The maximum atomic E-state index is 9.53. The van der Waals surface area contributed by atoms with Gasteiger partial charge in [-0.1, -0.05) is 6.07 Å². The van der Waals surface area contributed by atoms with Crippen LogP contribution in [0.4, 0.5) is 0 Å². The zero-order chi connectivity index (χ0) is 12.5. The molecule has 0 saturated carbocycles. The lowest BCUT2D eigenvalue weighted by Crippen LogP contribution is -1.83. The van der Waals surface area contributed by atoms with Crippen molar-refractivity contribution >= 4 is 22.1 Å². The van der Waals surface area contributed by atoms with Gasteiger partial charge in [0, 0.05) is 0 Å². The highest BCUT2D eigenvalue weighted by Gasteiger charge is 2.07. The number of hydrogen-bond donors (Lipinski definition) is 1. The topological polar surface area (TPSA) is 44.0 Å². The number of phenolic OH excluding ortho intramolecular Hbond substituents is 1. The van der Waals surface area contributed by atoms with Crippen LogP contribution < -0.4 is 0 Å². The maximum absolute atomic E-state index is 9.53.